The molecule has 0 saturated carbocycles. The van der Waals surface area contributed by atoms with E-state index >= 15 is 0 Å². The van der Waals surface area contributed by atoms with Crippen LogP contribution in [0.3, 0.4) is 0 Å². The summed E-state index contributed by atoms with van der Waals surface area (Å²) in [6.07, 6.45) is 1.63. The highest BCUT2D eigenvalue weighted by atomic mass is 19.2. The molecule has 2 N–H and O–H groups in total. The maximum Gasteiger partial charge on any atom is 0.211 e. The normalized spacial score (nSPS) is 13.0. The van der Waals surface area contributed by atoms with Gasteiger partial charge in [0.25, 0.3) is 0 Å². The molecule has 4 nitrogen and oxygen atoms in total. The highest BCUT2D eigenvalue weighted by Gasteiger charge is 2.30. The first kappa shape index (κ1) is 16.9. The van der Waals surface area contributed by atoms with Crippen LogP contribution in [0.5, 0.6) is 11.5 Å². The van der Waals surface area contributed by atoms with Crippen molar-refractivity contribution in [3.63, 3.8) is 0 Å². The van der Waals surface area contributed by atoms with Crippen LogP contribution in [0, 0.1) is 29.9 Å². The van der Waals surface area contributed by atoms with Crippen LogP contribution < -0.4 is 0 Å². The Labute approximate surface area is 153 Å². The smallest absolute Gasteiger partial charge is 0.211 e. The third kappa shape index (κ3) is 2.48. The lowest BCUT2D eigenvalue weighted by atomic mass is 9.94. The van der Waals surface area contributed by atoms with Gasteiger partial charge in [0.05, 0.1) is 6.26 Å². The number of nitriles is 1. The molecule has 1 aromatic heterocycles. The van der Waals surface area contributed by atoms with Crippen molar-refractivity contribution >= 4 is 11.1 Å². The average Bonchev–Trinajstić information content (AvgIpc) is 3.23. The summed E-state index contributed by atoms with van der Waals surface area (Å²) in [5, 5.41) is 28.8. The van der Waals surface area contributed by atoms with Crippen LogP contribution in [0.1, 0.15) is 33.6 Å². The monoisotopic (exact) mass is 365 g/mol. The molecule has 0 bridgehead atoms. The van der Waals surface area contributed by atoms with E-state index in [0.717, 1.165) is 17.2 Å². The molecule has 2 aromatic carbocycles. The molecule has 3 aromatic rings. The van der Waals surface area contributed by atoms with Crippen molar-refractivity contribution in [2.24, 2.45) is 0 Å². The Bertz CT molecular complexity index is 1170. The third-order valence-electron chi connectivity index (χ3n) is 4.81. The van der Waals surface area contributed by atoms with Gasteiger partial charge >= 0.3 is 0 Å². The first-order valence-corrected chi connectivity index (χ1v) is 8.13. The number of benzene rings is 2. The van der Waals surface area contributed by atoms with Crippen molar-refractivity contribution in [1.82, 2.24) is 0 Å². The van der Waals surface area contributed by atoms with E-state index in [2.05, 4.69) is 0 Å². The maximum atomic E-state index is 14.6. The van der Waals surface area contributed by atoms with Crippen LogP contribution >= 0.6 is 0 Å². The van der Waals surface area contributed by atoms with Gasteiger partial charge in [-0.25, -0.2) is 4.39 Å². The standard InChI is InChI=1S/C21H13F2NO3/c1-10-6-11(25)7-15-14(10)8-16(12-2-3-17(26)21(23)20(12)22)19(15)13-4-5-27-18(13)9-24/h2-7,25-26H,8H2,1H3. The summed E-state index contributed by atoms with van der Waals surface area (Å²) in [6, 6.07) is 9.05. The van der Waals surface area contributed by atoms with Crippen molar-refractivity contribution in [3.05, 3.63) is 81.8 Å². The molecule has 0 unspecified atom stereocenters. The predicted molar refractivity (Wildman–Crippen MR) is 93.9 cm³/mol. The van der Waals surface area contributed by atoms with Crippen LogP contribution in [0.2, 0.25) is 0 Å². The average molecular weight is 365 g/mol. The molecular formula is C21H13F2NO3. The zero-order valence-corrected chi connectivity index (χ0v) is 14.2. The van der Waals surface area contributed by atoms with Gasteiger partial charge in [0.1, 0.15) is 11.8 Å². The molecular weight excluding hydrogens is 352 g/mol. The Kier molecular flexibility index (Phi) is 3.74. The number of phenols is 2. The van der Waals surface area contributed by atoms with E-state index in [1.165, 1.54) is 18.4 Å². The molecule has 0 spiro atoms. The van der Waals surface area contributed by atoms with Crippen molar-refractivity contribution in [2.45, 2.75) is 13.3 Å². The van der Waals surface area contributed by atoms with Gasteiger partial charge in [-0.3, -0.25) is 0 Å². The molecule has 0 radical (unpaired) electrons. The summed E-state index contributed by atoms with van der Waals surface area (Å²) in [6.45, 7) is 1.81. The number of hydrogen-bond acceptors (Lipinski definition) is 4. The van der Waals surface area contributed by atoms with E-state index in [-0.39, 0.29) is 23.5 Å². The van der Waals surface area contributed by atoms with Crippen molar-refractivity contribution in [1.29, 1.82) is 5.26 Å². The predicted octanol–water partition coefficient (Wildman–Crippen LogP) is 4.66. The molecule has 4 rings (SSSR count). The second-order valence-electron chi connectivity index (χ2n) is 6.35. The van der Waals surface area contributed by atoms with Gasteiger partial charge < -0.3 is 14.6 Å². The Hall–Kier alpha value is -3.59. The second-order valence-corrected chi connectivity index (χ2v) is 6.35. The fourth-order valence-electron chi connectivity index (χ4n) is 3.59. The number of nitrogens with zero attached hydrogens (tertiary/aromatic N) is 1. The fourth-order valence-corrected chi connectivity index (χ4v) is 3.59. The topological polar surface area (TPSA) is 77.4 Å². The van der Waals surface area contributed by atoms with Crippen LogP contribution in [0.4, 0.5) is 8.78 Å². The number of rotatable bonds is 2. The number of halogens is 2. The molecule has 6 heteroatoms. The van der Waals surface area contributed by atoms with Gasteiger partial charge in [0, 0.05) is 11.1 Å². The van der Waals surface area contributed by atoms with E-state index in [1.54, 1.807) is 12.1 Å². The SMILES string of the molecule is Cc1cc(O)cc2c1CC(c1ccc(O)c(F)c1F)=C2c1ccoc1C#N. The quantitative estimate of drug-likeness (QED) is 0.692. The molecule has 1 aliphatic carbocycles. The molecule has 0 atom stereocenters. The van der Waals surface area contributed by atoms with E-state index in [1.807, 2.05) is 13.0 Å². The lowest BCUT2D eigenvalue weighted by molar-refractivity contribution is 0.406. The van der Waals surface area contributed by atoms with Crippen molar-refractivity contribution in [2.75, 3.05) is 0 Å². The molecule has 27 heavy (non-hydrogen) atoms. The number of aryl methyl sites for hydroxylation is 1. The number of phenolic OH excluding ortho intramolecular Hbond substituents is 2. The first-order valence-electron chi connectivity index (χ1n) is 8.13. The lowest BCUT2D eigenvalue weighted by Gasteiger charge is -2.10. The van der Waals surface area contributed by atoms with Crippen LogP contribution in [0.25, 0.3) is 11.1 Å². The lowest BCUT2D eigenvalue weighted by Crippen LogP contribution is -1.97. The van der Waals surface area contributed by atoms with Gasteiger partial charge in [0.15, 0.2) is 11.6 Å². The largest absolute Gasteiger partial charge is 0.508 e. The Balaban J connectivity index is 2.07. The zero-order chi connectivity index (χ0) is 19.3. The summed E-state index contributed by atoms with van der Waals surface area (Å²) < 4.78 is 33.8. The summed E-state index contributed by atoms with van der Waals surface area (Å²) in [7, 11) is 0. The van der Waals surface area contributed by atoms with Gasteiger partial charge in [-0.15, -0.1) is 0 Å². The summed E-state index contributed by atoms with van der Waals surface area (Å²) >= 11 is 0. The highest BCUT2D eigenvalue weighted by Crippen LogP contribution is 2.46. The van der Waals surface area contributed by atoms with E-state index in [9.17, 15) is 24.3 Å². The maximum absolute atomic E-state index is 14.6. The van der Waals surface area contributed by atoms with E-state index in [0.29, 0.717) is 22.3 Å². The van der Waals surface area contributed by atoms with Gasteiger partial charge in [-0.2, -0.15) is 9.65 Å². The minimum absolute atomic E-state index is 0.0134. The molecule has 0 saturated heterocycles. The van der Waals surface area contributed by atoms with E-state index < -0.39 is 17.4 Å². The van der Waals surface area contributed by atoms with Crippen LogP contribution in [-0.4, -0.2) is 10.2 Å². The fraction of sp³-hybridized carbons (Fsp3) is 0.0952. The minimum atomic E-state index is -1.33. The number of hydrogen-bond donors (Lipinski definition) is 2. The van der Waals surface area contributed by atoms with Crippen molar-refractivity contribution in [3.8, 4) is 17.6 Å². The number of allylic oxidation sites excluding steroid dienone is 1. The van der Waals surface area contributed by atoms with E-state index in [4.69, 9.17) is 4.42 Å². The third-order valence-corrected chi connectivity index (χ3v) is 4.81. The Morgan fingerprint density at radius 2 is 1.81 bits per heavy atom. The number of fused-ring (bicyclic) bond motifs is 1. The first-order chi connectivity index (χ1) is 12.9. The molecule has 0 fully saturated rings. The number of furan rings is 1. The summed E-state index contributed by atoms with van der Waals surface area (Å²) in [5.41, 5.74) is 3.64. The molecule has 134 valence electrons. The van der Waals surface area contributed by atoms with Gasteiger partial charge in [0.2, 0.25) is 11.6 Å². The zero-order valence-electron chi connectivity index (χ0n) is 14.2. The van der Waals surface area contributed by atoms with Gasteiger partial charge in [-0.1, -0.05) is 0 Å². The van der Waals surface area contributed by atoms with Crippen LogP contribution in [-0.2, 0) is 6.42 Å². The molecule has 1 aliphatic rings. The highest BCUT2D eigenvalue weighted by molar-refractivity contribution is 6.05. The minimum Gasteiger partial charge on any atom is -0.508 e. The van der Waals surface area contributed by atoms with Crippen molar-refractivity contribution < 1.29 is 23.4 Å². The summed E-state index contributed by atoms with van der Waals surface area (Å²) in [4.78, 5) is 0. The molecule has 0 aliphatic heterocycles. The molecule has 1 heterocycles. The van der Waals surface area contributed by atoms with Gasteiger partial charge in [-0.05, 0) is 71.5 Å². The Morgan fingerprint density at radius 3 is 2.56 bits per heavy atom. The Morgan fingerprint density at radius 1 is 1.04 bits per heavy atom. The second kappa shape index (κ2) is 5.99. The number of aromatic hydroxyl groups is 2. The van der Waals surface area contributed by atoms with Crippen LogP contribution in [0.15, 0.2) is 41.0 Å². The summed E-state index contributed by atoms with van der Waals surface area (Å²) in [5.74, 6) is -3.20. The molecule has 0 amide bonds.